The molecule has 21 heavy (non-hydrogen) atoms. The number of nitrogens with one attached hydrogen (secondary N) is 3. The average molecular weight is 304 g/mol. The van der Waals surface area contributed by atoms with Gasteiger partial charge in [-0.25, -0.2) is 4.79 Å². The normalized spacial score (nSPS) is 9.81. The van der Waals surface area contributed by atoms with Gasteiger partial charge >= 0.3 is 6.03 Å². The van der Waals surface area contributed by atoms with Gasteiger partial charge in [-0.05, 0) is 30.3 Å². The van der Waals surface area contributed by atoms with Crippen LogP contribution in [0.2, 0.25) is 5.02 Å². The molecule has 0 saturated carbocycles. The zero-order chi connectivity index (χ0) is 15.2. The van der Waals surface area contributed by atoms with Crippen LogP contribution >= 0.6 is 11.6 Å². The van der Waals surface area contributed by atoms with E-state index < -0.39 is 6.03 Å². The van der Waals surface area contributed by atoms with Crippen LogP contribution in [0.5, 0.6) is 0 Å². The quantitative estimate of drug-likeness (QED) is 0.814. The molecule has 0 radical (unpaired) electrons. The standard InChI is InChI=1S/C15H14ClN3O2/c1-17-14(20)10-5-4-6-11(9-10)18-15(21)19-13-8-3-2-7-12(13)16/h2-9H,1H3,(H,17,20)(H2,18,19,21). The zero-order valence-corrected chi connectivity index (χ0v) is 12.1. The maximum absolute atomic E-state index is 11.9. The highest BCUT2D eigenvalue weighted by molar-refractivity contribution is 6.33. The van der Waals surface area contributed by atoms with E-state index in [0.29, 0.717) is 22.0 Å². The van der Waals surface area contributed by atoms with Crippen LogP contribution in [0.4, 0.5) is 16.2 Å². The van der Waals surface area contributed by atoms with E-state index >= 15 is 0 Å². The van der Waals surface area contributed by atoms with Gasteiger partial charge in [0.15, 0.2) is 0 Å². The zero-order valence-electron chi connectivity index (χ0n) is 11.3. The first-order chi connectivity index (χ1) is 10.1. The van der Waals surface area contributed by atoms with Gasteiger partial charge < -0.3 is 16.0 Å². The average Bonchev–Trinajstić information content (AvgIpc) is 2.49. The summed E-state index contributed by atoms with van der Waals surface area (Å²) in [5.74, 6) is -0.217. The summed E-state index contributed by atoms with van der Waals surface area (Å²) in [5.41, 5.74) is 1.49. The van der Waals surface area contributed by atoms with Gasteiger partial charge in [0, 0.05) is 18.3 Å². The monoisotopic (exact) mass is 303 g/mol. The third-order valence-electron chi connectivity index (χ3n) is 2.73. The molecule has 3 N–H and O–H groups in total. The van der Waals surface area contributed by atoms with Gasteiger partial charge in [-0.15, -0.1) is 0 Å². The number of carbonyl (C=O) groups excluding carboxylic acids is 2. The van der Waals surface area contributed by atoms with Crippen molar-refractivity contribution in [3.05, 3.63) is 59.1 Å². The molecule has 0 fully saturated rings. The summed E-state index contributed by atoms with van der Waals surface area (Å²) in [6, 6.07) is 13.1. The van der Waals surface area contributed by atoms with E-state index in [2.05, 4.69) is 16.0 Å². The molecular formula is C15H14ClN3O2. The van der Waals surface area contributed by atoms with Crippen LogP contribution < -0.4 is 16.0 Å². The Bertz CT molecular complexity index is 673. The fraction of sp³-hybridized carbons (Fsp3) is 0.0667. The SMILES string of the molecule is CNC(=O)c1cccc(NC(=O)Nc2ccccc2Cl)c1. The molecule has 6 heteroatoms. The van der Waals surface area contributed by atoms with Crippen molar-refractivity contribution in [2.24, 2.45) is 0 Å². The lowest BCUT2D eigenvalue weighted by Crippen LogP contribution is -2.21. The summed E-state index contributed by atoms with van der Waals surface area (Å²) < 4.78 is 0. The number of amides is 3. The molecular weight excluding hydrogens is 290 g/mol. The van der Waals surface area contributed by atoms with Gasteiger partial charge in [-0.1, -0.05) is 29.8 Å². The van der Waals surface area contributed by atoms with E-state index in [-0.39, 0.29) is 5.91 Å². The summed E-state index contributed by atoms with van der Waals surface area (Å²) in [6.45, 7) is 0. The first kappa shape index (κ1) is 14.9. The second-order valence-electron chi connectivity index (χ2n) is 4.22. The van der Waals surface area contributed by atoms with E-state index in [1.807, 2.05) is 0 Å². The third kappa shape index (κ3) is 3.97. The smallest absolute Gasteiger partial charge is 0.323 e. The molecule has 0 aliphatic rings. The van der Waals surface area contributed by atoms with Gasteiger partial charge in [0.1, 0.15) is 0 Å². The van der Waals surface area contributed by atoms with Crippen molar-refractivity contribution in [2.45, 2.75) is 0 Å². The molecule has 2 aromatic carbocycles. The fourth-order valence-corrected chi connectivity index (χ4v) is 1.91. The minimum absolute atomic E-state index is 0.217. The minimum Gasteiger partial charge on any atom is -0.355 e. The highest BCUT2D eigenvalue weighted by Crippen LogP contribution is 2.20. The van der Waals surface area contributed by atoms with Gasteiger partial charge in [0.05, 0.1) is 10.7 Å². The van der Waals surface area contributed by atoms with Gasteiger partial charge in [-0.2, -0.15) is 0 Å². The molecule has 0 unspecified atom stereocenters. The number of carbonyl (C=O) groups is 2. The van der Waals surface area contributed by atoms with E-state index in [1.165, 1.54) is 0 Å². The van der Waals surface area contributed by atoms with Crippen LogP contribution in [-0.4, -0.2) is 19.0 Å². The number of anilines is 2. The second kappa shape index (κ2) is 6.76. The highest BCUT2D eigenvalue weighted by Gasteiger charge is 2.07. The largest absolute Gasteiger partial charge is 0.355 e. The number of halogens is 1. The van der Waals surface area contributed by atoms with E-state index in [4.69, 9.17) is 11.6 Å². The van der Waals surface area contributed by atoms with Gasteiger partial charge in [-0.3, -0.25) is 4.79 Å². The predicted molar refractivity (Wildman–Crippen MR) is 83.9 cm³/mol. The Hall–Kier alpha value is -2.53. The second-order valence-corrected chi connectivity index (χ2v) is 4.63. The van der Waals surface area contributed by atoms with Gasteiger partial charge in [0.25, 0.3) is 5.91 Å². The Morgan fingerprint density at radius 2 is 1.76 bits per heavy atom. The maximum Gasteiger partial charge on any atom is 0.323 e. The van der Waals surface area contributed by atoms with E-state index in [9.17, 15) is 9.59 Å². The summed E-state index contributed by atoms with van der Waals surface area (Å²) in [6.07, 6.45) is 0. The van der Waals surface area contributed by atoms with Crippen LogP contribution in [0.25, 0.3) is 0 Å². The van der Waals surface area contributed by atoms with Crippen LogP contribution in [0.15, 0.2) is 48.5 Å². The maximum atomic E-state index is 11.9. The molecule has 3 amide bonds. The molecule has 0 spiro atoms. The van der Waals surface area contributed by atoms with Crippen molar-refractivity contribution in [2.75, 3.05) is 17.7 Å². The Morgan fingerprint density at radius 3 is 2.48 bits per heavy atom. The molecule has 0 aliphatic carbocycles. The highest BCUT2D eigenvalue weighted by atomic mass is 35.5. The first-order valence-corrected chi connectivity index (χ1v) is 6.62. The topological polar surface area (TPSA) is 70.2 Å². The third-order valence-corrected chi connectivity index (χ3v) is 3.06. The Labute approximate surface area is 127 Å². The number of urea groups is 1. The Morgan fingerprint density at radius 1 is 1.00 bits per heavy atom. The van der Waals surface area contributed by atoms with Crippen molar-refractivity contribution in [1.82, 2.24) is 5.32 Å². The van der Waals surface area contributed by atoms with Crippen molar-refractivity contribution in [3.8, 4) is 0 Å². The summed E-state index contributed by atoms with van der Waals surface area (Å²) >= 11 is 5.96. The lowest BCUT2D eigenvalue weighted by molar-refractivity contribution is 0.0963. The molecule has 0 aliphatic heterocycles. The Balaban J connectivity index is 2.06. The molecule has 0 heterocycles. The molecule has 0 bridgehead atoms. The summed E-state index contributed by atoms with van der Waals surface area (Å²) in [5, 5.41) is 8.26. The molecule has 2 aromatic rings. The molecule has 108 valence electrons. The van der Waals surface area contributed by atoms with E-state index in [1.54, 1.807) is 55.6 Å². The molecule has 0 saturated heterocycles. The number of rotatable bonds is 3. The van der Waals surface area contributed by atoms with Crippen molar-refractivity contribution >= 4 is 34.9 Å². The van der Waals surface area contributed by atoms with E-state index in [0.717, 1.165) is 0 Å². The van der Waals surface area contributed by atoms with Crippen molar-refractivity contribution in [3.63, 3.8) is 0 Å². The molecule has 0 aromatic heterocycles. The van der Waals surface area contributed by atoms with Crippen LogP contribution in [0, 0.1) is 0 Å². The molecule has 2 rings (SSSR count). The number of hydrogen-bond donors (Lipinski definition) is 3. The Kier molecular flexibility index (Phi) is 4.79. The number of benzene rings is 2. The lowest BCUT2D eigenvalue weighted by Gasteiger charge is -2.09. The van der Waals surface area contributed by atoms with Crippen LogP contribution in [0.3, 0.4) is 0 Å². The molecule has 5 nitrogen and oxygen atoms in total. The van der Waals surface area contributed by atoms with Gasteiger partial charge in [0.2, 0.25) is 0 Å². The molecule has 0 atom stereocenters. The van der Waals surface area contributed by atoms with Crippen LogP contribution in [-0.2, 0) is 0 Å². The summed E-state index contributed by atoms with van der Waals surface area (Å²) in [7, 11) is 1.55. The van der Waals surface area contributed by atoms with Crippen molar-refractivity contribution < 1.29 is 9.59 Å². The van der Waals surface area contributed by atoms with Crippen LogP contribution in [0.1, 0.15) is 10.4 Å². The minimum atomic E-state index is -0.433. The fourth-order valence-electron chi connectivity index (χ4n) is 1.73. The predicted octanol–water partition coefficient (Wildman–Crippen LogP) is 3.34. The first-order valence-electron chi connectivity index (χ1n) is 6.25. The lowest BCUT2D eigenvalue weighted by atomic mass is 10.2. The summed E-state index contributed by atoms with van der Waals surface area (Å²) in [4.78, 5) is 23.4. The number of para-hydroxylation sites is 1. The van der Waals surface area contributed by atoms with Crippen molar-refractivity contribution in [1.29, 1.82) is 0 Å². The number of hydrogen-bond acceptors (Lipinski definition) is 2.